The summed E-state index contributed by atoms with van der Waals surface area (Å²) in [5.74, 6) is -0.589. The van der Waals surface area contributed by atoms with Crippen molar-refractivity contribution < 1.29 is 19.1 Å². The molecule has 0 aliphatic rings. The van der Waals surface area contributed by atoms with Gasteiger partial charge in [0.25, 0.3) is 5.91 Å². The van der Waals surface area contributed by atoms with Crippen LogP contribution in [0.25, 0.3) is 0 Å². The van der Waals surface area contributed by atoms with Gasteiger partial charge >= 0.3 is 5.97 Å². The highest BCUT2D eigenvalue weighted by Crippen LogP contribution is 2.23. The van der Waals surface area contributed by atoms with Crippen molar-refractivity contribution in [2.45, 2.75) is 6.54 Å². The molecular weight excluding hydrogens is 338 g/mol. The topological polar surface area (TPSA) is 55.8 Å². The summed E-state index contributed by atoms with van der Waals surface area (Å²) < 4.78 is 10.2. The maximum atomic E-state index is 12.1. The highest BCUT2D eigenvalue weighted by atomic mass is 35.5. The SMILES string of the molecule is COc1ccc(Cl)cc1C(=O)OCC(=O)N(C)Cc1cccs1. The van der Waals surface area contributed by atoms with E-state index in [0.717, 1.165) is 4.88 Å². The fourth-order valence-electron chi connectivity index (χ4n) is 1.88. The molecular formula is C16H16ClNO4S. The molecule has 1 aromatic carbocycles. The quantitative estimate of drug-likeness (QED) is 0.748. The molecule has 0 atom stereocenters. The first-order valence-electron chi connectivity index (χ1n) is 6.78. The molecule has 1 amide bonds. The molecule has 122 valence electrons. The number of halogens is 1. The second-order valence-corrected chi connectivity index (χ2v) is 6.22. The summed E-state index contributed by atoms with van der Waals surface area (Å²) >= 11 is 7.44. The van der Waals surface area contributed by atoms with Crippen LogP contribution in [-0.4, -0.2) is 37.5 Å². The van der Waals surface area contributed by atoms with Crippen molar-refractivity contribution in [1.29, 1.82) is 0 Å². The van der Waals surface area contributed by atoms with Crippen molar-refractivity contribution in [1.82, 2.24) is 4.90 Å². The molecule has 0 N–H and O–H groups in total. The third-order valence-electron chi connectivity index (χ3n) is 3.11. The number of rotatable bonds is 6. The van der Waals surface area contributed by atoms with Crippen molar-refractivity contribution >= 4 is 34.8 Å². The zero-order valence-electron chi connectivity index (χ0n) is 12.7. The van der Waals surface area contributed by atoms with Gasteiger partial charge in [-0.3, -0.25) is 4.79 Å². The molecule has 1 heterocycles. The van der Waals surface area contributed by atoms with Crippen molar-refractivity contribution in [3.63, 3.8) is 0 Å². The lowest BCUT2D eigenvalue weighted by Gasteiger charge is -2.16. The average molecular weight is 354 g/mol. The Kier molecular flexibility index (Phi) is 6.01. The molecule has 0 saturated heterocycles. The summed E-state index contributed by atoms with van der Waals surface area (Å²) in [5.41, 5.74) is 0.189. The van der Waals surface area contributed by atoms with Gasteiger partial charge in [-0.25, -0.2) is 4.79 Å². The number of likely N-dealkylation sites (N-methyl/N-ethyl adjacent to an activating group) is 1. The van der Waals surface area contributed by atoms with E-state index in [9.17, 15) is 9.59 Å². The van der Waals surface area contributed by atoms with Gasteiger partial charge < -0.3 is 14.4 Å². The zero-order chi connectivity index (χ0) is 16.8. The fourth-order valence-corrected chi connectivity index (χ4v) is 2.81. The van der Waals surface area contributed by atoms with Crippen molar-refractivity contribution in [3.05, 3.63) is 51.2 Å². The van der Waals surface area contributed by atoms with E-state index in [1.807, 2.05) is 17.5 Å². The predicted molar refractivity (Wildman–Crippen MR) is 89.1 cm³/mol. The number of benzene rings is 1. The monoisotopic (exact) mass is 353 g/mol. The van der Waals surface area contributed by atoms with Gasteiger partial charge in [0.15, 0.2) is 6.61 Å². The van der Waals surface area contributed by atoms with Gasteiger partial charge in [-0.2, -0.15) is 0 Å². The number of hydrogen-bond donors (Lipinski definition) is 0. The Bertz CT molecular complexity index is 687. The first-order valence-corrected chi connectivity index (χ1v) is 8.04. The maximum Gasteiger partial charge on any atom is 0.342 e. The minimum absolute atomic E-state index is 0.189. The van der Waals surface area contributed by atoms with E-state index < -0.39 is 5.97 Å². The summed E-state index contributed by atoms with van der Waals surface area (Å²) in [6.45, 7) is 0.144. The molecule has 1 aromatic heterocycles. The van der Waals surface area contributed by atoms with Gasteiger partial charge in [0.05, 0.1) is 13.7 Å². The van der Waals surface area contributed by atoms with Gasteiger partial charge in [-0.05, 0) is 29.6 Å². The minimum Gasteiger partial charge on any atom is -0.496 e. The largest absolute Gasteiger partial charge is 0.496 e. The number of nitrogens with zero attached hydrogens (tertiary/aromatic N) is 1. The molecule has 0 saturated carbocycles. The van der Waals surface area contributed by atoms with Gasteiger partial charge in [-0.1, -0.05) is 17.7 Å². The minimum atomic E-state index is -0.651. The molecule has 2 rings (SSSR count). The molecule has 0 spiro atoms. The normalized spacial score (nSPS) is 10.2. The number of thiophene rings is 1. The van der Waals surface area contributed by atoms with Crippen LogP contribution in [0.5, 0.6) is 5.75 Å². The Labute approximate surface area is 143 Å². The summed E-state index contributed by atoms with van der Waals surface area (Å²) in [4.78, 5) is 26.7. The summed E-state index contributed by atoms with van der Waals surface area (Å²) in [5, 5.41) is 2.33. The Morgan fingerprint density at radius 1 is 1.30 bits per heavy atom. The lowest BCUT2D eigenvalue weighted by Crippen LogP contribution is -2.30. The van der Waals surface area contributed by atoms with Gasteiger partial charge in [0.1, 0.15) is 11.3 Å². The first kappa shape index (κ1) is 17.3. The third kappa shape index (κ3) is 4.71. The van der Waals surface area contributed by atoms with E-state index in [-0.39, 0.29) is 18.1 Å². The van der Waals surface area contributed by atoms with E-state index in [1.165, 1.54) is 18.1 Å². The number of carbonyl (C=O) groups is 2. The number of esters is 1. The molecule has 7 heteroatoms. The summed E-state index contributed by atoms with van der Waals surface area (Å²) in [7, 11) is 3.11. The maximum absolute atomic E-state index is 12.1. The second-order valence-electron chi connectivity index (χ2n) is 4.75. The average Bonchev–Trinajstić information content (AvgIpc) is 3.05. The number of methoxy groups -OCH3 is 1. The van der Waals surface area contributed by atoms with Crippen molar-refractivity contribution in [2.75, 3.05) is 20.8 Å². The molecule has 0 aliphatic heterocycles. The van der Waals surface area contributed by atoms with E-state index in [1.54, 1.807) is 30.5 Å². The van der Waals surface area contributed by atoms with Crippen LogP contribution in [0.2, 0.25) is 5.02 Å². The Morgan fingerprint density at radius 3 is 2.74 bits per heavy atom. The Hall–Kier alpha value is -2.05. The van der Waals surface area contributed by atoms with E-state index >= 15 is 0 Å². The van der Waals surface area contributed by atoms with E-state index in [2.05, 4.69) is 0 Å². The number of amides is 1. The van der Waals surface area contributed by atoms with Gasteiger partial charge in [0.2, 0.25) is 0 Å². The smallest absolute Gasteiger partial charge is 0.342 e. The van der Waals surface area contributed by atoms with Crippen LogP contribution in [0, 0.1) is 0 Å². The van der Waals surface area contributed by atoms with Crippen LogP contribution in [0.3, 0.4) is 0 Å². The number of carbonyl (C=O) groups excluding carboxylic acids is 2. The lowest BCUT2D eigenvalue weighted by atomic mass is 10.2. The van der Waals surface area contributed by atoms with E-state index in [4.69, 9.17) is 21.1 Å². The Morgan fingerprint density at radius 2 is 2.09 bits per heavy atom. The van der Waals surface area contributed by atoms with Crippen LogP contribution in [0.15, 0.2) is 35.7 Å². The molecule has 5 nitrogen and oxygen atoms in total. The molecule has 2 aromatic rings. The molecule has 23 heavy (non-hydrogen) atoms. The van der Waals surface area contributed by atoms with Crippen LogP contribution in [0.4, 0.5) is 0 Å². The van der Waals surface area contributed by atoms with Crippen LogP contribution >= 0.6 is 22.9 Å². The standard InChI is InChI=1S/C16H16ClNO4S/c1-18(9-12-4-3-7-23-12)15(19)10-22-16(20)13-8-11(17)5-6-14(13)21-2/h3-8H,9-10H2,1-2H3. The second kappa shape index (κ2) is 7.99. The third-order valence-corrected chi connectivity index (χ3v) is 4.20. The van der Waals surface area contributed by atoms with E-state index in [0.29, 0.717) is 17.3 Å². The van der Waals surface area contributed by atoms with Crippen molar-refractivity contribution in [3.8, 4) is 5.75 Å². The first-order chi connectivity index (χ1) is 11.0. The molecule has 0 radical (unpaired) electrons. The Balaban J connectivity index is 1.93. The van der Waals surface area contributed by atoms with Crippen LogP contribution < -0.4 is 4.74 Å². The molecule has 0 unspecified atom stereocenters. The molecule has 0 aliphatic carbocycles. The van der Waals surface area contributed by atoms with Crippen LogP contribution in [0.1, 0.15) is 15.2 Å². The van der Waals surface area contributed by atoms with Crippen molar-refractivity contribution in [2.24, 2.45) is 0 Å². The fraction of sp³-hybridized carbons (Fsp3) is 0.250. The zero-order valence-corrected chi connectivity index (χ0v) is 14.3. The van der Waals surface area contributed by atoms with Gasteiger partial charge in [-0.15, -0.1) is 11.3 Å². The highest BCUT2D eigenvalue weighted by Gasteiger charge is 2.17. The number of hydrogen-bond acceptors (Lipinski definition) is 5. The van der Waals surface area contributed by atoms with Crippen LogP contribution in [-0.2, 0) is 16.1 Å². The van der Waals surface area contributed by atoms with Gasteiger partial charge in [0, 0.05) is 16.9 Å². The molecule has 0 fully saturated rings. The molecule has 0 bridgehead atoms. The lowest BCUT2D eigenvalue weighted by molar-refractivity contribution is -0.133. The summed E-state index contributed by atoms with van der Waals surface area (Å²) in [6.07, 6.45) is 0. The number of ether oxygens (including phenoxy) is 2. The predicted octanol–water partition coefficient (Wildman–Crippen LogP) is 3.23. The highest BCUT2D eigenvalue weighted by molar-refractivity contribution is 7.09. The summed E-state index contributed by atoms with van der Waals surface area (Å²) in [6, 6.07) is 8.49.